The van der Waals surface area contributed by atoms with Crippen LogP contribution in [0.1, 0.15) is 17.2 Å². The molecule has 0 aromatic heterocycles. The first kappa shape index (κ1) is 8.53. The molecule has 0 saturated heterocycles. The number of hydrogen-bond donors (Lipinski definition) is 2. The van der Waals surface area contributed by atoms with E-state index < -0.39 is 6.10 Å². The molecule has 0 unspecified atom stereocenters. The molecular formula is C10H13NO2. The molecule has 0 fully saturated rings. The van der Waals surface area contributed by atoms with E-state index in [0.29, 0.717) is 0 Å². The van der Waals surface area contributed by atoms with Crippen molar-refractivity contribution in [2.24, 2.45) is 5.73 Å². The van der Waals surface area contributed by atoms with Crippen molar-refractivity contribution in [3.8, 4) is 5.75 Å². The van der Waals surface area contributed by atoms with Gasteiger partial charge in [0.1, 0.15) is 5.75 Å². The highest BCUT2D eigenvalue weighted by Gasteiger charge is 2.28. The molecule has 0 spiro atoms. The Morgan fingerprint density at radius 1 is 1.54 bits per heavy atom. The standard InChI is InChI=1S/C10H13NO2/c1-13-7-3-2-6-4-9(11)10(12)8(6)5-7/h2-3,5,9-10,12H,4,11H2,1H3/t9-,10+/m0/s1. The van der Waals surface area contributed by atoms with Crippen LogP contribution < -0.4 is 10.5 Å². The van der Waals surface area contributed by atoms with Gasteiger partial charge >= 0.3 is 0 Å². The van der Waals surface area contributed by atoms with E-state index in [1.807, 2.05) is 18.2 Å². The Hall–Kier alpha value is -1.06. The summed E-state index contributed by atoms with van der Waals surface area (Å²) in [5, 5.41) is 9.69. The molecule has 0 bridgehead atoms. The predicted octanol–water partition coefficient (Wildman–Crippen LogP) is 0.612. The molecule has 70 valence electrons. The first-order chi connectivity index (χ1) is 6.22. The second kappa shape index (κ2) is 3.01. The Labute approximate surface area is 77.1 Å². The second-order valence-electron chi connectivity index (χ2n) is 3.38. The third-order valence-corrected chi connectivity index (χ3v) is 2.53. The van der Waals surface area contributed by atoms with Gasteiger partial charge in [-0.2, -0.15) is 0 Å². The minimum absolute atomic E-state index is 0.165. The number of hydrogen-bond acceptors (Lipinski definition) is 3. The van der Waals surface area contributed by atoms with Crippen molar-refractivity contribution in [2.75, 3.05) is 7.11 Å². The second-order valence-corrected chi connectivity index (χ2v) is 3.38. The highest BCUT2D eigenvalue weighted by atomic mass is 16.5. The maximum Gasteiger partial charge on any atom is 0.119 e. The number of methoxy groups -OCH3 is 1. The van der Waals surface area contributed by atoms with Crippen molar-refractivity contribution in [1.29, 1.82) is 0 Å². The van der Waals surface area contributed by atoms with E-state index >= 15 is 0 Å². The van der Waals surface area contributed by atoms with Gasteiger partial charge in [0.25, 0.3) is 0 Å². The molecular weight excluding hydrogens is 166 g/mol. The quantitative estimate of drug-likeness (QED) is 0.664. The number of benzene rings is 1. The minimum Gasteiger partial charge on any atom is -0.497 e. The van der Waals surface area contributed by atoms with E-state index in [1.54, 1.807) is 7.11 Å². The first-order valence-electron chi connectivity index (χ1n) is 4.33. The van der Waals surface area contributed by atoms with Crippen LogP contribution in [-0.4, -0.2) is 18.3 Å². The third-order valence-electron chi connectivity index (χ3n) is 2.53. The van der Waals surface area contributed by atoms with Gasteiger partial charge in [-0.3, -0.25) is 0 Å². The lowest BCUT2D eigenvalue weighted by Crippen LogP contribution is -2.24. The van der Waals surface area contributed by atoms with Crippen molar-refractivity contribution in [1.82, 2.24) is 0 Å². The molecule has 13 heavy (non-hydrogen) atoms. The van der Waals surface area contributed by atoms with Crippen LogP contribution in [0.4, 0.5) is 0 Å². The van der Waals surface area contributed by atoms with E-state index in [-0.39, 0.29) is 6.04 Å². The van der Waals surface area contributed by atoms with Gasteiger partial charge in [0.15, 0.2) is 0 Å². The maximum atomic E-state index is 9.69. The van der Waals surface area contributed by atoms with Gasteiger partial charge < -0.3 is 15.6 Å². The van der Waals surface area contributed by atoms with Gasteiger partial charge in [-0.25, -0.2) is 0 Å². The van der Waals surface area contributed by atoms with Gasteiger partial charge in [0.2, 0.25) is 0 Å². The average Bonchev–Trinajstić information content (AvgIpc) is 2.43. The molecule has 3 nitrogen and oxygen atoms in total. The summed E-state index contributed by atoms with van der Waals surface area (Å²) in [5.74, 6) is 0.770. The molecule has 2 rings (SSSR count). The van der Waals surface area contributed by atoms with Crippen molar-refractivity contribution in [3.63, 3.8) is 0 Å². The van der Waals surface area contributed by atoms with E-state index in [4.69, 9.17) is 10.5 Å². The van der Waals surface area contributed by atoms with Crippen molar-refractivity contribution in [3.05, 3.63) is 29.3 Å². The van der Waals surface area contributed by atoms with Crippen LogP contribution in [0, 0.1) is 0 Å². The zero-order chi connectivity index (χ0) is 9.42. The van der Waals surface area contributed by atoms with Crippen molar-refractivity contribution < 1.29 is 9.84 Å². The molecule has 2 atom stereocenters. The molecule has 1 aliphatic rings. The number of aliphatic hydroxyl groups is 1. The number of ether oxygens (including phenoxy) is 1. The zero-order valence-corrected chi connectivity index (χ0v) is 7.53. The van der Waals surface area contributed by atoms with Gasteiger partial charge in [-0.15, -0.1) is 0 Å². The van der Waals surface area contributed by atoms with E-state index in [9.17, 15) is 5.11 Å². The number of rotatable bonds is 1. The predicted molar refractivity (Wildman–Crippen MR) is 49.6 cm³/mol. The normalized spacial score (nSPS) is 25.8. The lowest BCUT2D eigenvalue weighted by molar-refractivity contribution is 0.159. The van der Waals surface area contributed by atoms with Crippen molar-refractivity contribution in [2.45, 2.75) is 18.6 Å². The fraction of sp³-hybridized carbons (Fsp3) is 0.400. The van der Waals surface area contributed by atoms with Crippen LogP contribution in [0.3, 0.4) is 0 Å². The van der Waals surface area contributed by atoms with E-state index in [2.05, 4.69) is 0 Å². The van der Waals surface area contributed by atoms with E-state index in [1.165, 1.54) is 0 Å². The third kappa shape index (κ3) is 1.30. The summed E-state index contributed by atoms with van der Waals surface area (Å²) >= 11 is 0. The molecule has 1 aromatic rings. The Balaban J connectivity index is 2.42. The Morgan fingerprint density at radius 2 is 2.31 bits per heavy atom. The van der Waals surface area contributed by atoms with Crippen molar-refractivity contribution >= 4 is 0 Å². The van der Waals surface area contributed by atoms with Gasteiger partial charge in [0.05, 0.1) is 13.2 Å². The van der Waals surface area contributed by atoms with Crippen LogP contribution in [0.25, 0.3) is 0 Å². The fourth-order valence-corrected chi connectivity index (χ4v) is 1.76. The largest absolute Gasteiger partial charge is 0.497 e. The summed E-state index contributed by atoms with van der Waals surface area (Å²) in [6, 6.07) is 5.54. The number of nitrogens with two attached hydrogens (primary N) is 1. The molecule has 0 radical (unpaired) electrons. The van der Waals surface area contributed by atoms with Crippen LogP contribution in [0.2, 0.25) is 0 Å². The molecule has 0 saturated carbocycles. The lowest BCUT2D eigenvalue weighted by Gasteiger charge is -2.09. The summed E-state index contributed by atoms with van der Waals surface area (Å²) in [5.41, 5.74) is 7.76. The van der Waals surface area contributed by atoms with Gasteiger partial charge in [0, 0.05) is 6.04 Å². The molecule has 0 aliphatic heterocycles. The molecule has 3 N–H and O–H groups in total. The van der Waals surface area contributed by atoms with Gasteiger partial charge in [-0.1, -0.05) is 6.07 Å². The molecule has 0 heterocycles. The Morgan fingerprint density at radius 3 is 3.00 bits per heavy atom. The average molecular weight is 179 g/mol. The van der Waals surface area contributed by atoms with Gasteiger partial charge in [-0.05, 0) is 29.7 Å². The topological polar surface area (TPSA) is 55.5 Å². The molecule has 0 amide bonds. The SMILES string of the molecule is COc1ccc2c(c1)[C@@H](O)[C@@H](N)C2. The number of aliphatic hydroxyl groups excluding tert-OH is 1. The molecule has 3 heteroatoms. The zero-order valence-electron chi connectivity index (χ0n) is 7.53. The molecule has 1 aliphatic carbocycles. The summed E-state index contributed by atoms with van der Waals surface area (Å²) in [7, 11) is 1.61. The monoisotopic (exact) mass is 179 g/mol. The van der Waals surface area contributed by atoms with Crippen LogP contribution >= 0.6 is 0 Å². The first-order valence-corrected chi connectivity index (χ1v) is 4.33. The summed E-state index contributed by atoms with van der Waals surface area (Å²) in [6.07, 6.45) is 0.214. The summed E-state index contributed by atoms with van der Waals surface area (Å²) in [4.78, 5) is 0. The Kier molecular flexibility index (Phi) is 1.98. The van der Waals surface area contributed by atoms with Crippen LogP contribution in [-0.2, 0) is 6.42 Å². The number of fused-ring (bicyclic) bond motifs is 1. The highest BCUT2D eigenvalue weighted by molar-refractivity contribution is 5.41. The van der Waals surface area contributed by atoms with Crippen LogP contribution in [0.15, 0.2) is 18.2 Å². The Bertz CT molecular complexity index is 325. The smallest absolute Gasteiger partial charge is 0.119 e. The lowest BCUT2D eigenvalue weighted by atomic mass is 10.1. The summed E-state index contributed by atoms with van der Waals surface area (Å²) in [6.45, 7) is 0. The van der Waals surface area contributed by atoms with Crippen LogP contribution in [0.5, 0.6) is 5.75 Å². The maximum absolute atomic E-state index is 9.69. The minimum atomic E-state index is -0.537. The summed E-state index contributed by atoms with van der Waals surface area (Å²) < 4.78 is 5.07. The highest BCUT2D eigenvalue weighted by Crippen LogP contribution is 2.32. The fourth-order valence-electron chi connectivity index (χ4n) is 1.76. The molecule has 1 aromatic carbocycles. The van der Waals surface area contributed by atoms with E-state index in [0.717, 1.165) is 23.3 Å².